The van der Waals surface area contributed by atoms with Crippen LogP contribution in [-0.2, 0) is 9.53 Å². The number of carboxylic acids is 1. The van der Waals surface area contributed by atoms with Gasteiger partial charge in [0.15, 0.2) is 5.76 Å². The lowest BCUT2D eigenvalue weighted by molar-refractivity contribution is -0.138. The molecule has 2 aromatic carbocycles. The van der Waals surface area contributed by atoms with Gasteiger partial charge in [0, 0.05) is 36.0 Å². The molecule has 1 aromatic heterocycles. The van der Waals surface area contributed by atoms with Crippen LogP contribution in [0, 0.1) is 6.92 Å². The zero-order valence-corrected chi connectivity index (χ0v) is 15.3. The first-order valence-electron chi connectivity index (χ1n) is 8.96. The molecule has 1 N–H and O–H groups in total. The highest BCUT2D eigenvalue weighted by Gasteiger charge is 2.38. The van der Waals surface area contributed by atoms with Gasteiger partial charge in [-0.2, -0.15) is 0 Å². The molecule has 140 valence electrons. The molecule has 2 heterocycles. The summed E-state index contributed by atoms with van der Waals surface area (Å²) in [5.41, 5.74) is 1.46. The smallest absolute Gasteiger partial charge is 0.305 e. The van der Waals surface area contributed by atoms with Crippen molar-refractivity contribution in [3.8, 4) is 0 Å². The highest BCUT2D eigenvalue weighted by molar-refractivity contribution is 6.09. The van der Waals surface area contributed by atoms with E-state index in [-0.39, 0.29) is 24.2 Å². The number of hydrogen-bond donors (Lipinski definition) is 1. The third-order valence-electron chi connectivity index (χ3n) is 5.40. The topological polar surface area (TPSA) is 80.0 Å². The lowest BCUT2D eigenvalue weighted by Crippen LogP contribution is -2.37. The second kappa shape index (κ2) is 6.70. The Hall–Kier alpha value is -2.86. The number of aryl methyl sites for hydroxylation is 1. The van der Waals surface area contributed by atoms with Gasteiger partial charge in [-0.3, -0.25) is 9.59 Å². The summed E-state index contributed by atoms with van der Waals surface area (Å²) in [6.45, 7) is 2.23. The molecule has 1 saturated heterocycles. The second-order valence-corrected chi connectivity index (χ2v) is 7.02. The molecule has 1 amide bonds. The zero-order chi connectivity index (χ0) is 19.1. The highest BCUT2D eigenvalue weighted by Crippen LogP contribution is 2.34. The van der Waals surface area contributed by atoms with Crippen molar-refractivity contribution in [1.82, 2.24) is 4.90 Å². The minimum atomic E-state index is -0.929. The summed E-state index contributed by atoms with van der Waals surface area (Å²) in [6.07, 6.45) is 0.244. The number of carboxylic acid groups (broad SMARTS) is 1. The first-order chi connectivity index (χ1) is 13.0. The van der Waals surface area contributed by atoms with Crippen LogP contribution in [0.1, 0.15) is 29.0 Å². The van der Waals surface area contributed by atoms with Gasteiger partial charge in [0.2, 0.25) is 0 Å². The number of amides is 1. The minimum absolute atomic E-state index is 0.103. The quantitative estimate of drug-likeness (QED) is 0.762. The molecule has 0 aliphatic carbocycles. The number of carbonyl (C=O) groups excluding carboxylic acids is 1. The van der Waals surface area contributed by atoms with Gasteiger partial charge >= 0.3 is 5.97 Å². The fourth-order valence-corrected chi connectivity index (χ4v) is 3.97. The Bertz CT molecular complexity index is 1040. The Morgan fingerprint density at radius 1 is 1.22 bits per heavy atom. The van der Waals surface area contributed by atoms with E-state index in [0.29, 0.717) is 18.5 Å². The zero-order valence-electron chi connectivity index (χ0n) is 15.3. The number of hydrogen-bond acceptors (Lipinski definition) is 4. The van der Waals surface area contributed by atoms with Gasteiger partial charge in [-0.15, -0.1) is 0 Å². The molecular weight excluding hydrogens is 346 g/mol. The molecule has 2 atom stereocenters. The molecule has 3 aromatic rings. The number of methoxy groups -OCH3 is 1. The van der Waals surface area contributed by atoms with Crippen LogP contribution in [0.4, 0.5) is 0 Å². The number of benzene rings is 2. The minimum Gasteiger partial charge on any atom is -0.481 e. The summed E-state index contributed by atoms with van der Waals surface area (Å²) in [5, 5.41) is 12.1. The van der Waals surface area contributed by atoms with E-state index in [1.54, 1.807) is 12.0 Å². The fraction of sp³-hybridized carbons (Fsp3) is 0.333. The molecule has 27 heavy (non-hydrogen) atoms. The number of nitrogens with zero attached hydrogens (tertiary/aromatic N) is 1. The SMILES string of the molecule is COC1CC(CC(=O)O)N(C(=O)c2oc3c(ccc4ccccc43)c2C)C1. The maximum absolute atomic E-state index is 13.2. The van der Waals surface area contributed by atoms with Gasteiger partial charge in [0.05, 0.1) is 12.5 Å². The first kappa shape index (κ1) is 17.5. The van der Waals surface area contributed by atoms with Crippen molar-refractivity contribution in [2.24, 2.45) is 0 Å². The number of rotatable bonds is 4. The molecule has 4 rings (SSSR count). The normalized spacial score (nSPS) is 19.9. The van der Waals surface area contributed by atoms with Crippen molar-refractivity contribution in [3.63, 3.8) is 0 Å². The average molecular weight is 367 g/mol. The third kappa shape index (κ3) is 2.96. The Kier molecular flexibility index (Phi) is 4.36. The summed E-state index contributed by atoms with van der Waals surface area (Å²) in [5.74, 6) is -0.936. The van der Waals surface area contributed by atoms with Gasteiger partial charge < -0.3 is 19.2 Å². The number of likely N-dealkylation sites (tertiary alicyclic amines) is 1. The summed E-state index contributed by atoms with van der Waals surface area (Å²) >= 11 is 0. The van der Waals surface area contributed by atoms with Gasteiger partial charge in [-0.1, -0.05) is 36.4 Å². The third-order valence-corrected chi connectivity index (χ3v) is 5.40. The molecule has 0 spiro atoms. The Balaban J connectivity index is 1.76. The van der Waals surface area contributed by atoms with Crippen molar-refractivity contribution >= 4 is 33.6 Å². The van der Waals surface area contributed by atoms with Crippen LogP contribution in [0.5, 0.6) is 0 Å². The Morgan fingerprint density at radius 3 is 2.74 bits per heavy atom. The lowest BCUT2D eigenvalue weighted by Gasteiger charge is -2.22. The molecule has 0 radical (unpaired) electrons. The molecule has 6 nitrogen and oxygen atoms in total. The Morgan fingerprint density at radius 2 is 2.00 bits per heavy atom. The van der Waals surface area contributed by atoms with Crippen molar-refractivity contribution in [2.75, 3.05) is 13.7 Å². The van der Waals surface area contributed by atoms with E-state index < -0.39 is 12.0 Å². The number of carbonyl (C=O) groups is 2. The van der Waals surface area contributed by atoms with E-state index in [1.165, 1.54) is 0 Å². The number of fused-ring (bicyclic) bond motifs is 3. The van der Waals surface area contributed by atoms with Gasteiger partial charge in [0.25, 0.3) is 5.91 Å². The van der Waals surface area contributed by atoms with E-state index in [9.17, 15) is 14.7 Å². The van der Waals surface area contributed by atoms with Crippen LogP contribution >= 0.6 is 0 Å². The average Bonchev–Trinajstić information content (AvgIpc) is 3.22. The van der Waals surface area contributed by atoms with Crippen molar-refractivity contribution in [3.05, 3.63) is 47.7 Å². The largest absolute Gasteiger partial charge is 0.481 e. The summed E-state index contributed by atoms with van der Waals surface area (Å²) < 4.78 is 11.4. The predicted molar refractivity (Wildman–Crippen MR) is 101 cm³/mol. The first-order valence-corrected chi connectivity index (χ1v) is 8.96. The van der Waals surface area contributed by atoms with Gasteiger partial charge in [0.1, 0.15) is 5.58 Å². The van der Waals surface area contributed by atoms with Crippen LogP contribution < -0.4 is 0 Å². The van der Waals surface area contributed by atoms with E-state index >= 15 is 0 Å². The fourth-order valence-electron chi connectivity index (χ4n) is 3.97. The standard InChI is InChI=1S/C21H21NO5/c1-12-16-8-7-13-5-3-4-6-17(13)20(16)27-19(12)21(25)22-11-15(26-2)9-14(22)10-18(23)24/h3-8,14-15H,9-11H2,1-2H3,(H,23,24). The van der Waals surface area contributed by atoms with Crippen LogP contribution in [0.3, 0.4) is 0 Å². The second-order valence-electron chi connectivity index (χ2n) is 7.02. The molecule has 6 heteroatoms. The maximum Gasteiger partial charge on any atom is 0.305 e. The lowest BCUT2D eigenvalue weighted by atomic mass is 10.1. The van der Waals surface area contributed by atoms with Crippen LogP contribution in [0.25, 0.3) is 21.7 Å². The van der Waals surface area contributed by atoms with E-state index in [4.69, 9.17) is 9.15 Å². The molecule has 2 unspecified atom stereocenters. The summed E-state index contributed by atoms with van der Waals surface area (Å²) in [4.78, 5) is 26.0. The predicted octanol–water partition coefficient (Wildman–Crippen LogP) is 3.60. The van der Waals surface area contributed by atoms with E-state index in [2.05, 4.69) is 0 Å². The highest BCUT2D eigenvalue weighted by atomic mass is 16.5. The molecular formula is C21H21NO5. The number of furan rings is 1. The van der Waals surface area contributed by atoms with Gasteiger partial charge in [-0.25, -0.2) is 0 Å². The van der Waals surface area contributed by atoms with E-state index in [1.807, 2.05) is 43.3 Å². The number of aliphatic carboxylic acids is 1. The van der Waals surface area contributed by atoms with Crippen LogP contribution in [0.2, 0.25) is 0 Å². The monoisotopic (exact) mass is 367 g/mol. The summed E-state index contributed by atoms with van der Waals surface area (Å²) in [7, 11) is 1.58. The molecule has 1 aliphatic heterocycles. The van der Waals surface area contributed by atoms with Crippen LogP contribution in [-0.4, -0.2) is 47.7 Å². The number of ether oxygens (including phenoxy) is 1. The molecule has 1 fully saturated rings. The van der Waals surface area contributed by atoms with Crippen LogP contribution in [0.15, 0.2) is 40.8 Å². The van der Waals surface area contributed by atoms with Crippen molar-refractivity contribution in [1.29, 1.82) is 0 Å². The molecule has 0 saturated carbocycles. The maximum atomic E-state index is 13.2. The molecule has 0 bridgehead atoms. The molecule has 1 aliphatic rings. The van der Waals surface area contributed by atoms with Crippen molar-refractivity contribution < 1.29 is 23.8 Å². The van der Waals surface area contributed by atoms with Crippen molar-refractivity contribution in [2.45, 2.75) is 31.9 Å². The van der Waals surface area contributed by atoms with E-state index in [0.717, 1.165) is 21.7 Å². The van der Waals surface area contributed by atoms with Gasteiger partial charge in [-0.05, 0) is 18.7 Å². The summed E-state index contributed by atoms with van der Waals surface area (Å²) in [6, 6.07) is 11.4. The Labute approximate surface area is 156 Å².